The Balaban J connectivity index is 2.44. The molecule has 0 saturated heterocycles. The molecule has 0 saturated carbocycles. The average Bonchev–Trinajstić information content (AvgIpc) is 2.80. The Bertz CT molecular complexity index is 744. The van der Waals surface area contributed by atoms with E-state index in [1.807, 2.05) is 25.1 Å². The van der Waals surface area contributed by atoms with Crippen LogP contribution in [0, 0.1) is 6.92 Å². The number of carbonyl (C=O) groups excluding carboxylic acids is 1. The Kier molecular flexibility index (Phi) is 4.40. The maximum atomic E-state index is 12.0. The lowest BCUT2D eigenvalue weighted by molar-refractivity contribution is 0.0635. The van der Waals surface area contributed by atoms with Crippen LogP contribution in [0.3, 0.4) is 0 Å². The number of para-hydroxylation sites is 1. The minimum atomic E-state index is -1.18. The third-order valence-electron chi connectivity index (χ3n) is 2.96. The second-order valence-electron chi connectivity index (χ2n) is 6.04. The largest absolute Gasteiger partial charge is 0.477 e. The topological polar surface area (TPSA) is 93.5 Å². The van der Waals surface area contributed by atoms with Gasteiger partial charge in [0.15, 0.2) is 5.82 Å². The third kappa shape index (κ3) is 3.88. The summed E-state index contributed by atoms with van der Waals surface area (Å²) in [5, 5.41) is 15.9. The first-order valence-electron chi connectivity index (χ1n) is 7.06. The number of benzene rings is 1. The van der Waals surface area contributed by atoms with Crippen molar-refractivity contribution < 1.29 is 19.4 Å². The van der Waals surface area contributed by atoms with Gasteiger partial charge in [0.05, 0.1) is 11.9 Å². The fraction of sp³-hybridized carbons (Fsp3) is 0.312. The third-order valence-corrected chi connectivity index (χ3v) is 2.96. The van der Waals surface area contributed by atoms with Gasteiger partial charge >= 0.3 is 12.1 Å². The lowest BCUT2D eigenvalue weighted by Gasteiger charge is -2.20. The van der Waals surface area contributed by atoms with Gasteiger partial charge in [0.1, 0.15) is 11.2 Å². The highest BCUT2D eigenvalue weighted by Crippen LogP contribution is 2.23. The van der Waals surface area contributed by atoms with Gasteiger partial charge in [-0.15, -0.1) is 0 Å². The second kappa shape index (κ2) is 6.12. The predicted octanol–water partition coefficient (Wildman–Crippen LogP) is 3.23. The van der Waals surface area contributed by atoms with Gasteiger partial charge in [0.2, 0.25) is 0 Å². The van der Waals surface area contributed by atoms with Gasteiger partial charge in [0.25, 0.3) is 0 Å². The molecule has 0 aliphatic rings. The van der Waals surface area contributed by atoms with Crippen LogP contribution < -0.4 is 5.32 Å². The summed E-state index contributed by atoms with van der Waals surface area (Å²) in [6.07, 6.45) is 0.455. The molecule has 7 nitrogen and oxygen atoms in total. The zero-order valence-corrected chi connectivity index (χ0v) is 13.5. The van der Waals surface area contributed by atoms with E-state index in [1.165, 1.54) is 10.9 Å². The summed E-state index contributed by atoms with van der Waals surface area (Å²) in [6, 6.07) is 7.33. The molecule has 0 radical (unpaired) electrons. The van der Waals surface area contributed by atoms with Crippen LogP contribution in [0.5, 0.6) is 0 Å². The summed E-state index contributed by atoms with van der Waals surface area (Å²) >= 11 is 0. The molecule has 1 aromatic carbocycles. The van der Waals surface area contributed by atoms with Crippen LogP contribution in [-0.4, -0.2) is 32.6 Å². The number of rotatable bonds is 3. The number of aryl methyl sites for hydroxylation is 1. The fourth-order valence-corrected chi connectivity index (χ4v) is 2.01. The number of aromatic carboxylic acids is 1. The Morgan fingerprint density at radius 2 is 1.91 bits per heavy atom. The summed E-state index contributed by atoms with van der Waals surface area (Å²) < 4.78 is 6.56. The van der Waals surface area contributed by atoms with E-state index < -0.39 is 17.7 Å². The summed E-state index contributed by atoms with van der Waals surface area (Å²) in [4.78, 5) is 23.4. The number of hydrogen-bond acceptors (Lipinski definition) is 4. The quantitative estimate of drug-likeness (QED) is 0.906. The minimum Gasteiger partial charge on any atom is -0.477 e. The van der Waals surface area contributed by atoms with Gasteiger partial charge in [-0.05, 0) is 39.3 Å². The molecule has 0 aliphatic heterocycles. The molecule has 2 aromatic rings. The Morgan fingerprint density at radius 1 is 1.26 bits per heavy atom. The van der Waals surface area contributed by atoms with Crippen molar-refractivity contribution in [3.63, 3.8) is 0 Å². The average molecular weight is 317 g/mol. The SMILES string of the molecule is Cc1ccccc1-n1ncc(C(=O)O)c1NC(=O)OC(C)(C)C. The molecule has 1 amide bonds. The summed E-state index contributed by atoms with van der Waals surface area (Å²) in [5.41, 5.74) is 0.756. The number of ether oxygens (including phenoxy) is 1. The molecular formula is C16H19N3O4. The molecule has 0 fully saturated rings. The first kappa shape index (κ1) is 16.5. The fourth-order valence-electron chi connectivity index (χ4n) is 2.01. The van der Waals surface area contributed by atoms with Crippen LogP contribution in [0.1, 0.15) is 36.7 Å². The smallest absolute Gasteiger partial charge is 0.413 e. The number of anilines is 1. The van der Waals surface area contributed by atoms with Crippen LogP contribution in [0.15, 0.2) is 30.5 Å². The number of carbonyl (C=O) groups is 2. The van der Waals surface area contributed by atoms with E-state index in [9.17, 15) is 14.7 Å². The van der Waals surface area contributed by atoms with Crippen molar-refractivity contribution in [1.82, 2.24) is 9.78 Å². The van der Waals surface area contributed by atoms with Crippen LogP contribution in [0.25, 0.3) is 5.69 Å². The molecule has 0 spiro atoms. The molecule has 0 atom stereocenters. The molecule has 2 N–H and O–H groups in total. The maximum Gasteiger partial charge on any atom is 0.413 e. The molecule has 122 valence electrons. The van der Waals surface area contributed by atoms with Crippen molar-refractivity contribution >= 4 is 17.9 Å². The number of carboxylic acid groups (broad SMARTS) is 1. The number of nitrogens with one attached hydrogen (secondary N) is 1. The van der Waals surface area contributed by atoms with Crippen LogP contribution >= 0.6 is 0 Å². The van der Waals surface area contributed by atoms with Gasteiger partial charge in [-0.3, -0.25) is 5.32 Å². The van der Waals surface area contributed by atoms with Crippen molar-refractivity contribution in [2.75, 3.05) is 5.32 Å². The molecule has 7 heteroatoms. The summed E-state index contributed by atoms with van der Waals surface area (Å²) in [5.74, 6) is -1.13. The molecule has 1 heterocycles. The highest BCUT2D eigenvalue weighted by Gasteiger charge is 2.23. The van der Waals surface area contributed by atoms with Crippen molar-refractivity contribution in [3.05, 3.63) is 41.6 Å². The Labute approximate surface area is 133 Å². The van der Waals surface area contributed by atoms with Crippen molar-refractivity contribution in [2.24, 2.45) is 0 Å². The molecule has 0 aliphatic carbocycles. The maximum absolute atomic E-state index is 12.0. The van der Waals surface area contributed by atoms with Gasteiger partial charge in [-0.2, -0.15) is 5.10 Å². The van der Waals surface area contributed by atoms with E-state index in [0.29, 0.717) is 5.69 Å². The zero-order chi connectivity index (χ0) is 17.2. The van der Waals surface area contributed by atoms with E-state index in [-0.39, 0.29) is 11.4 Å². The summed E-state index contributed by atoms with van der Waals surface area (Å²) in [7, 11) is 0. The predicted molar refractivity (Wildman–Crippen MR) is 85.1 cm³/mol. The molecule has 2 rings (SSSR count). The van der Waals surface area contributed by atoms with Crippen molar-refractivity contribution in [2.45, 2.75) is 33.3 Å². The van der Waals surface area contributed by atoms with E-state index in [4.69, 9.17) is 4.74 Å². The number of nitrogens with zero attached hydrogens (tertiary/aromatic N) is 2. The van der Waals surface area contributed by atoms with E-state index >= 15 is 0 Å². The first-order valence-corrected chi connectivity index (χ1v) is 7.06. The van der Waals surface area contributed by atoms with Gasteiger partial charge in [-0.25, -0.2) is 14.3 Å². The molecule has 1 aromatic heterocycles. The van der Waals surface area contributed by atoms with Gasteiger partial charge < -0.3 is 9.84 Å². The minimum absolute atomic E-state index is 0.0565. The molecule has 0 bridgehead atoms. The number of carboxylic acids is 1. The van der Waals surface area contributed by atoms with Crippen molar-refractivity contribution in [1.29, 1.82) is 0 Å². The highest BCUT2D eigenvalue weighted by atomic mass is 16.6. The van der Waals surface area contributed by atoms with Gasteiger partial charge in [-0.1, -0.05) is 18.2 Å². The molecular weight excluding hydrogens is 298 g/mol. The van der Waals surface area contributed by atoms with Crippen LogP contribution in [0.2, 0.25) is 0 Å². The normalized spacial score (nSPS) is 11.1. The number of amides is 1. The Hall–Kier alpha value is -2.83. The summed E-state index contributed by atoms with van der Waals surface area (Å²) in [6.45, 7) is 7.05. The lowest BCUT2D eigenvalue weighted by Crippen LogP contribution is -2.28. The molecule has 23 heavy (non-hydrogen) atoms. The van der Waals surface area contributed by atoms with E-state index in [2.05, 4.69) is 10.4 Å². The van der Waals surface area contributed by atoms with Crippen LogP contribution in [-0.2, 0) is 4.74 Å². The standard InChI is InChI=1S/C16H19N3O4/c1-10-7-5-6-8-12(10)19-13(11(9-17-19)14(20)21)18-15(22)23-16(2,3)4/h5-9H,1-4H3,(H,18,22)(H,20,21). The highest BCUT2D eigenvalue weighted by molar-refractivity contribution is 5.98. The molecule has 0 unspecified atom stereocenters. The number of aromatic nitrogens is 2. The van der Waals surface area contributed by atoms with E-state index in [0.717, 1.165) is 5.56 Å². The van der Waals surface area contributed by atoms with Gasteiger partial charge in [0, 0.05) is 0 Å². The lowest BCUT2D eigenvalue weighted by atomic mass is 10.2. The first-order chi connectivity index (χ1) is 10.7. The monoisotopic (exact) mass is 317 g/mol. The van der Waals surface area contributed by atoms with Crippen molar-refractivity contribution in [3.8, 4) is 5.69 Å². The Morgan fingerprint density at radius 3 is 2.48 bits per heavy atom. The number of hydrogen-bond donors (Lipinski definition) is 2. The van der Waals surface area contributed by atoms with E-state index in [1.54, 1.807) is 26.8 Å². The van der Waals surface area contributed by atoms with Crippen LogP contribution in [0.4, 0.5) is 10.6 Å². The zero-order valence-electron chi connectivity index (χ0n) is 13.5. The second-order valence-corrected chi connectivity index (χ2v) is 6.04.